The zero-order chi connectivity index (χ0) is 23.5. The number of likely N-dealkylation sites (tertiary alicyclic amines) is 1. The maximum Gasteiger partial charge on any atom is 0.242 e. The Kier molecular flexibility index (Phi) is 11.9. The van der Waals surface area contributed by atoms with Crippen LogP contribution in [0.2, 0.25) is 0 Å². The lowest BCUT2D eigenvalue weighted by molar-refractivity contribution is -0.130. The minimum Gasteiger partial charge on any atom is -0.356 e. The van der Waals surface area contributed by atoms with Gasteiger partial charge >= 0.3 is 0 Å². The summed E-state index contributed by atoms with van der Waals surface area (Å²) in [5.41, 5.74) is 2.35. The van der Waals surface area contributed by atoms with E-state index >= 15 is 0 Å². The van der Waals surface area contributed by atoms with Gasteiger partial charge in [-0.05, 0) is 24.5 Å². The Balaban J connectivity index is 0.00000408. The van der Waals surface area contributed by atoms with E-state index in [0.717, 1.165) is 25.1 Å². The summed E-state index contributed by atoms with van der Waals surface area (Å²) in [4.78, 5) is 33.0. The van der Waals surface area contributed by atoms with Crippen molar-refractivity contribution in [3.63, 3.8) is 0 Å². The number of likely N-dealkylation sites (N-methyl/N-ethyl adjacent to an activating group) is 1. The lowest BCUT2D eigenvalue weighted by atomic mass is 10.1. The van der Waals surface area contributed by atoms with Gasteiger partial charge in [0.2, 0.25) is 11.8 Å². The average Bonchev–Trinajstić information content (AvgIpc) is 3.21. The molecule has 0 bridgehead atoms. The number of halogens is 1. The van der Waals surface area contributed by atoms with E-state index in [2.05, 4.69) is 27.8 Å². The van der Waals surface area contributed by atoms with Crippen LogP contribution in [0.4, 0.5) is 0 Å². The van der Waals surface area contributed by atoms with E-state index in [0.29, 0.717) is 32.0 Å². The molecular weight excluding hydrogens is 541 g/mol. The molecule has 1 heterocycles. The van der Waals surface area contributed by atoms with Gasteiger partial charge in [-0.15, -0.1) is 24.0 Å². The Morgan fingerprint density at radius 1 is 1.06 bits per heavy atom. The molecule has 8 heteroatoms. The summed E-state index contributed by atoms with van der Waals surface area (Å²) < 4.78 is 0. The lowest BCUT2D eigenvalue weighted by Gasteiger charge is -2.22. The van der Waals surface area contributed by atoms with Crippen LogP contribution in [0.1, 0.15) is 24.5 Å². The molecule has 2 N–H and O–H groups in total. The predicted molar refractivity (Wildman–Crippen MR) is 147 cm³/mol. The molecule has 1 aliphatic heterocycles. The quantitative estimate of drug-likeness (QED) is 0.259. The van der Waals surface area contributed by atoms with E-state index < -0.39 is 0 Å². The molecule has 3 rings (SSSR count). The number of hydrogen-bond donors (Lipinski definition) is 2. The highest BCUT2D eigenvalue weighted by molar-refractivity contribution is 14.0. The summed E-state index contributed by atoms with van der Waals surface area (Å²) in [7, 11) is 1.69. The van der Waals surface area contributed by atoms with E-state index in [1.165, 1.54) is 5.56 Å². The average molecular weight is 578 g/mol. The number of guanidine groups is 1. The van der Waals surface area contributed by atoms with Crippen molar-refractivity contribution in [1.29, 1.82) is 0 Å². The highest BCUT2D eigenvalue weighted by Gasteiger charge is 2.29. The first-order valence-corrected chi connectivity index (χ1v) is 11.7. The number of carbonyl (C=O) groups is 2. The van der Waals surface area contributed by atoms with Gasteiger partial charge in [-0.25, -0.2) is 0 Å². The van der Waals surface area contributed by atoms with Gasteiger partial charge in [0.1, 0.15) is 0 Å². The second-order valence-corrected chi connectivity index (χ2v) is 8.35. The van der Waals surface area contributed by atoms with Crippen LogP contribution < -0.4 is 10.6 Å². The maximum absolute atomic E-state index is 12.7. The van der Waals surface area contributed by atoms with Gasteiger partial charge in [0, 0.05) is 52.1 Å². The van der Waals surface area contributed by atoms with E-state index in [1.54, 1.807) is 7.05 Å². The first-order chi connectivity index (χ1) is 16.1. The minimum absolute atomic E-state index is 0. The molecule has 0 spiro atoms. The largest absolute Gasteiger partial charge is 0.356 e. The molecule has 0 saturated carbocycles. The van der Waals surface area contributed by atoms with Crippen LogP contribution in [0.15, 0.2) is 65.7 Å². The molecule has 184 valence electrons. The number of hydrogen-bond acceptors (Lipinski definition) is 3. The molecule has 34 heavy (non-hydrogen) atoms. The van der Waals surface area contributed by atoms with Crippen LogP contribution in [0.3, 0.4) is 0 Å². The van der Waals surface area contributed by atoms with Gasteiger partial charge in [0.25, 0.3) is 0 Å². The molecule has 1 fully saturated rings. The fourth-order valence-electron chi connectivity index (χ4n) is 4.03. The lowest BCUT2D eigenvalue weighted by Crippen LogP contribution is -2.45. The summed E-state index contributed by atoms with van der Waals surface area (Å²) in [5, 5.41) is 6.39. The molecule has 2 aromatic carbocycles. The Labute approximate surface area is 220 Å². The van der Waals surface area contributed by atoms with Crippen LogP contribution in [0, 0.1) is 5.92 Å². The van der Waals surface area contributed by atoms with Crippen LogP contribution >= 0.6 is 24.0 Å². The molecule has 1 saturated heterocycles. The second kappa shape index (κ2) is 14.6. The summed E-state index contributed by atoms with van der Waals surface area (Å²) in [6, 6.07) is 20.2. The van der Waals surface area contributed by atoms with Crippen molar-refractivity contribution < 1.29 is 9.59 Å². The molecule has 2 amide bonds. The van der Waals surface area contributed by atoms with E-state index in [1.807, 2.05) is 65.3 Å². The van der Waals surface area contributed by atoms with Crippen molar-refractivity contribution >= 4 is 41.8 Å². The smallest absolute Gasteiger partial charge is 0.242 e. The molecule has 0 aliphatic carbocycles. The SMILES string of the molecule is CCN(Cc1ccccc1)C(=O)CNC(=NC)NCC1CC(=O)N(CCc2ccccc2)C1.I. The van der Waals surface area contributed by atoms with Crippen molar-refractivity contribution in [3.05, 3.63) is 71.8 Å². The van der Waals surface area contributed by atoms with Gasteiger partial charge < -0.3 is 20.4 Å². The fraction of sp³-hybridized carbons (Fsp3) is 0.423. The summed E-state index contributed by atoms with van der Waals surface area (Å²) >= 11 is 0. The van der Waals surface area contributed by atoms with Crippen molar-refractivity contribution in [3.8, 4) is 0 Å². The summed E-state index contributed by atoms with van der Waals surface area (Å²) in [6.07, 6.45) is 1.41. The second-order valence-electron chi connectivity index (χ2n) is 8.35. The molecule has 1 atom stereocenters. The Hall–Kier alpha value is -2.62. The van der Waals surface area contributed by atoms with Gasteiger partial charge in [0.05, 0.1) is 6.54 Å². The van der Waals surface area contributed by atoms with Crippen LogP contribution in [-0.4, -0.2) is 67.3 Å². The van der Waals surface area contributed by atoms with Crippen LogP contribution in [0.25, 0.3) is 0 Å². The van der Waals surface area contributed by atoms with Gasteiger partial charge in [-0.3, -0.25) is 14.6 Å². The monoisotopic (exact) mass is 577 g/mol. The predicted octanol–water partition coefficient (Wildman–Crippen LogP) is 2.91. The maximum atomic E-state index is 12.7. The van der Waals surface area contributed by atoms with Gasteiger partial charge in [0.15, 0.2) is 5.96 Å². The molecular formula is C26H36IN5O2. The van der Waals surface area contributed by atoms with Crippen LogP contribution in [-0.2, 0) is 22.6 Å². The zero-order valence-electron chi connectivity index (χ0n) is 20.1. The number of nitrogens with one attached hydrogen (secondary N) is 2. The third kappa shape index (κ3) is 8.62. The molecule has 1 unspecified atom stereocenters. The Morgan fingerprint density at radius 3 is 2.32 bits per heavy atom. The number of nitrogens with zero attached hydrogens (tertiary/aromatic N) is 3. The molecule has 0 radical (unpaired) electrons. The number of benzene rings is 2. The molecule has 2 aromatic rings. The standard InChI is InChI=1S/C26H35N5O2.HI/c1-3-30(19-22-12-8-5-9-13-22)25(33)18-29-26(27-2)28-17-23-16-24(32)31(20-23)15-14-21-10-6-4-7-11-21;/h4-13,23H,3,14-20H2,1-2H3,(H2,27,28,29);1H. The number of amides is 2. The third-order valence-corrected chi connectivity index (χ3v) is 5.95. The van der Waals surface area contributed by atoms with Crippen molar-refractivity contribution in [2.24, 2.45) is 10.9 Å². The molecule has 1 aliphatic rings. The van der Waals surface area contributed by atoms with Crippen molar-refractivity contribution in [2.45, 2.75) is 26.3 Å². The van der Waals surface area contributed by atoms with Crippen molar-refractivity contribution in [2.75, 3.05) is 39.8 Å². The molecule has 0 aromatic heterocycles. The first kappa shape index (κ1) is 27.6. The third-order valence-electron chi connectivity index (χ3n) is 5.95. The van der Waals surface area contributed by atoms with Gasteiger partial charge in [-0.1, -0.05) is 60.7 Å². The Bertz CT molecular complexity index is 923. The van der Waals surface area contributed by atoms with E-state index in [4.69, 9.17) is 0 Å². The van der Waals surface area contributed by atoms with E-state index in [-0.39, 0.29) is 48.3 Å². The number of carbonyl (C=O) groups excluding carboxylic acids is 2. The first-order valence-electron chi connectivity index (χ1n) is 11.7. The van der Waals surface area contributed by atoms with E-state index in [9.17, 15) is 9.59 Å². The van der Waals surface area contributed by atoms with Crippen LogP contribution in [0.5, 0.6) is 0 Å². The highest BCUT2D eigenvalue weighted by atomic mass is 127. The number of aliphatic imine (C=N–C) groups is 1. The highest BCUT2D eigenvalue weighted by Crippen LogP contribution is 2.17. The molecule has 7 nitrogen and oxygen atoms in total. The zero-order valence-corrected chi connectivity index (χ0v) is 22.4. The normalized spacial score (nSPS) is 15.6. The fourth-order valence-corrected chi connectivity index (χ4v) is 4.03. The minimum atomic E-state index is 0. The summed E-state index contributed by atoms with van der Waals surface area (Å²) in [5.74, 6) is 1.03. The summed E-state index contributed by atoms with van der Waals surface area (Å²) in [6.45, 7) is 5.52. The van der Waals surface area contributed by atoms with Crippen molar-refractivity contribution in [1.82, 2.24) is 20.4 Å². The Morgan fingerprint density at radius 2 is 1.71 bits per heavy atom. The number of rotatable bonds is 10. The van der Waals surface area contributed by atoms with Gasteiger partial charge in [-0.2, -0.15) is 0 Å². The topological polar surface area (TPSA) is 77.0 Å².